The van der Waals surface area contributed by atoms with Crippen molar-refractivity contribution in [2.24, 2.45) is 0 Å². The van der Waals surface area contributed by atoms with Gasteiger partial charge in [-0.2, -0.15) is 0 Å². The molecule has 1 heterocycles. The molecule has 4 nitrogen and oxygen atoms in total. The Kier molecular flexibility index (Phi) is 5.49. The second-order valence-electron chi connectivity index (χ2n) is 4.87. The van der Waals surface area contributed by atoms with E-state index in [0.717, 1.165) is 37.4 Å². The first kappa shape index (κ1) is 15.2. The number of aromatic nitrogens is 2. The van der Waals surface area contributed by atoms with Gasteiger partial charge in [-0.3, -0.25) is 0 Å². The van der Waals surface area contributed by atoms with Gasteiger partial charge in [0.25, 0.3) is 0 Å². The van der Waals surface area contributed by atoms with Crippen LogP contribution in [0.5, 0.6) is 0 Å². The molecular weight excluding hydrogens is 267 g/mol. The number of halogens is 1. The molecule has 0 spiro atoms. The van der Waals surface area contributed by atoms with Gasteiger partial charge in [-0.1, -0.05) is 19.9 Å². The smallest absolute Gasteiger partial charge is 0.136 e. The van der Waals surface area contributed by atoms with Crippen molar-refractivity contribution in [3.63, 3.8) is 0 Å². The van der Waals surface area contributed by atoms with E-state index in [0.29, 0.717) is 11.5 Å². The zero-order valence-electron chi connectivity index (χ0n) is 12.5. The molecule has 2 aromatic rings. The quantitative estimate of drug-likeness (QED) is 0.804. The van der Waals surface area contributed by atoms with Crippen molar-refractivity contribution in [3.8, 4) is 0 Å². The third-order valence-electron chi connectivity index (χ3n) is 2.90. The van der Waals surface area contributed by atoms with E-state index >= 15 is 0 Å². The average molecular weight is 288 g/mol. The lowest BCUT2D eigenvalue weighted by atomic mass is 10.3. The van der Waals surface area contributed by atoms with Crippen molar-refractivity contribution >= 4 is 17.3 Å². The Morgan fingerprint density at radius 3 is 2.57 bits per heavy atom. The van der Waals surface area contributed by atoms with Gasteiger partial charge in [-0.05, 0) is 31.0 Å². The van der Waals surface area contributed by atoms with Gasteiger partial charge in [-0.15, -0.1) is 0 Å². The highest BCUT2D eigenvalue weighted by atomic mass is 19.1. The largest absolute Gasteiger partial charge is 0.370 e. The van der Waals surface area contributed by atoms with E-state index in [1.807, 2.05) is 12.1 Å². The molecule has 0 unspecified atom stereocenters. The highest BCUT2D eigenvalue weighted by Crippen LogP contribution is 2.18. The Bertz CT molecular complexity index is 586. The molecule has 1 aromatic heterocycles. The second-order valence-corrected chi connectivity index (χ2v) is 4.87. The Hall–Kier alpha value is -2.17. The predicted octanol–water partition coefficient (Wildman–Crippen LogP) is 4.13. The summed E-state index contributed by atoms with van der Waals surface area (Å²) in [5.74, 6) is 2.00. The zero-order valence-corrected chi connectivity index (χ0v) is 12.5. The van der Waals surface area contributed by atoms with Crippen LogP contribution in [0, 0.1) is 5.82 Å². The van der Waals surface area contributed by atoms with Crippen LogP contribution in [0.25, 0.3) is 0 Å². The molecule has 0 atom stereocenters. The van der Waals surface area contributed by atoms with Gasteiger partial charge in [0.15, 0.2) is 0 Å². The van der Waals surface area contributed by atoms with E-state index in [1.165, 1.54) is 12.1 Å². The minimum absolute atomic E-state index is 0.271. The summed E-state index contributed by atoms with van der Waals surface area (Å²) in [6.45, 7) is 5.06. The van der Waals surface area contributed by atoms with E-state index < -0.39 is 0 Å². The van der Waals surface area contributed by atoms with Gasteiger partial charge < -0.3 is 10.6 Å². The van der Waals surface area contributed by atoms with Crippen molar-refractivity contribution in [1.82, 2.24) is 9.97 Å². The third kappa shape index (κ3) is 4.70. The van der Waals surface area contributed by atoms with Crippen LogP contribution in [0.3, 0.4) is 0 Å². The summed E-state index contributed by atoms with van der Waals surface area (Å²) in [5.41, 5.74) is 0.678. The van der Waals surface area contributed by atoms with E-state index in [-0.39, 0.29) is 5.82 Å². The first-order chi connectivity index (χ1) is 10.2. The van der Waals surface area contributed by atoms with Crippen molar-refractivity contribution in [1.29, 1.82) is 0 Å². The van der Waals surface area contributed by atoms with Crippen LogP contribution in [0.2, 0.25) is 0 Å². The fraction of sp³-hybridized carbons (Fsp3) is 0.375. The molecule has 0 aliphatic rings. The van der Waals surface area contributed by atoms with Gasteiger partial charge >= 0.3 is 0 Å². The SMILES string of the molecule is CCCNc1cc(Nc2cccc(F)c2)nc(CCC)n1. The molecule has 0 radical (unpaired) electrons. The number of hydrogen-bond acceptors (Lipinski definition) is 4. The van der Waals surface area contributed by atoms with Crippen LogP contribution >= 0.6 is 0 Å². The monoisotopic (exact) mass is 288 g/mol. The summed E-state index contributed by atoms with van der Waals surface area (Å²) in [6, 6.07) is 8.19. The number of rotatable bonds is 7. The first-order valence-electron chi connectivity index (χ1n) is 7.35. The standard InChI is InChI=1S/C16H21FN4/c1-3-6-14-20-15(18-9-4-2)11-16(21-14)19-13-8-5-7-12(17)10-13/h5,7-8,10-11H,3-4,6,9H2,1-2H3,(H2,18,19,20,21). The maximum Gasteiger partial charge on any atom is 0.136 e. The van der Waals surface area contributed by atoms with Crippen LogP contribution in [0.4, 0.5) is 21.7 Å². The average Bonchev–Trinajstić information content (AvgIpc) is 2.45. The summed E-state index contributed by atoms with van der Waals surface area (Å²) in [4.78, 5) is 8.96. The molecule has 0 amide bonds. The van der Waals surface area contributed by atoms with E-state index in [4.69, 9.17) is 0 Å². The number of hydrogen-bond donors (Lipinski definition) is 2. The van der Waals surface area contributed by atoms with Crippen LogP contribution < -0.4 is 10.6 Å². The molecule has 0 fully saturated rings. The lowest BCUT2D eigenvalue weighted by Crippen LogP contribution is -2.07. The topological polar surface area (TPSA) is 49.8 Å². The molecular formula is C16H21FN4. The summed E-state index contributed by atoms with van der Waals surface area (Å²) >= 11 is 0. The molecule has 0 aliphatic heterocycles. The summed E-state index contributed by atoms with van der Waals surface area (Å²) in [5, 5.41) is 6.39. The number of aryl methyl sites for hydroxylation is 1. The molecule has 2 rings (SSSR count). The van der Waals surface area contributed by atoms with Gasteiger partial charge in [0.05, 0.1) is 0 Å². The Morgan fingerprint density at radius 1 is 1.05 bits per heavy atom. The van der Waals surface area contributed by atoms with E-state index in [1.54, 1.807) is 6.07 Å². The van der Waals surface area contributed by atoms with Crippen molar-refractivity contribution in [2.75, 3.05) is 17.2 Å². The normalized spacial score (nSPS) is 10.4. The minimum Gasteiger partial charge on any atom is -0.370 e. The lowest BCUT2D eigenvalue weighted by Gasteiger charge is -2.11. The number of nitrogens with one attached hydrogen (secondary N) is 2. The van der Waals surface area contributed by atoms with Gasteiger partial charge in [0.2, 0.25) is 0 Å². The fourth-order valence-electron chi connectivity index (χ4n) is 1.95. The summed E-state index contributed by atoms with van der Waals surface area (Å²) in [6.07, 6.45) is 2.83. The molecule has 1 aromatic carbocycles. The van der Waals surface area contributed by atoms with Gasteiger partial charge in [0, 0.05) is 24.7 Å². The van der Waals surface area contributed by atoms with Crippen LogP contribution in [0.15, 0.2) is 30.3 Å². The summed E-state index contributed by atoms with van der Waals surface area (Å²) in [7, 11) is 0. The zero-order chi connectivity index (χ0) is 15.1. The van der Waals surface area contributed by atoms with Crippen LogP contribution in [-0.4, -0.2) is 16.5 Å². The first-order valence-corrected chi connectivity index (χ1v) is 7.35. The molecule has 0 saturated carbocycles. The fourth-order valence-corrected chi connectivity index (χ4v) is 1.95. The van der Waals surface area contributed by atoms with Gasteiger partial charge in [-0.25, -0.2) is 14.4 Å². The van der Waals surface area contributed by atoms with E-state index in [2.05, 4.69) is 34.4 Å². The molecule has 5 heteroatoms. The number of nitrogens with zero attached hydrogens (tertiary/aromatic N) is 2. The Balaban J connectivity index is 2.22. The van der Waals surface area contributed by atoms with Gasteiger partial charge in [0.1, 0.15) is 23.3 Å². The van der Waals surface area contributed by atoms with Crippen LogP contribution in [-0.2, 0) is 6.42 Å². The van der Waals surface area contributed by atoms with Crippen molar-refractivity contribution in [3.05, 3.63) is 42.0 Å². The lowest BCUT2D eigenvalue weighted by molar-refractivity contribution is 0.628. The molecule has 0 saturated heterocycles. The highest BCUT2D eigenvalue weighted by molar-refractivity contribution is 5.59. The van der Waals surface area contributed by atoms with Crippen LogP contribution in [0.1, 0.15) is 32.5 Å². The second kappa shape index (κ2) is 7.57. The van der Waals surface area contributed by atoms with Crippen molar-refractivity contribution in [2.45, 2.75) is 33.1 Å². The highest BCUT2D eigenvalue weighted by Gasteiger charge is 2.05. The predicted molar refractivity (Wildman–Crippen MR) is 84.5 cm³/mol. The van der Waals surface area contributed by atoms with E-state index in [9.17, 15) is 4.39 Å². The number of benzene rings is 1. The molecule has 0 bridgehead atoms. The van der Waals surface area contributed by atoms with Crippen molar-refractivity contribution < 1.29 is 4.39 Å². The Labute approximate surface area is 124 Å². The number of anilines is 3. The molecule has 112 valence electrons. The Morgan fingerprint density at radius 2 is 1.86 bits per heavy atom. The third-order valence-corrected chi connectivity index (χ3v) is 2.90. The molecule has 2 N–H and O–H groups in total. The molecule has 0 aliphatic carbocycles. The molecule has 21 heavy (non-hydrogen) atoms. The summed E-state index contributed by atoms with van der Waals surface area (Å²) < 4.78 is 13.2. The maximum absolute atomic E-state index is 13.2. The maximum atomic E-state index is 13.2. The minimum atomic E-state index is -0.271.